The monoisotopic (exact) mass is 778 g/mol. The van der Waals surface area contributed by atoms with Crippen LogP contribution in [0.3, 0.4) is 0 Å². The Kier molecular flexibility index (Phi) is 7.98. The molecule has 3 heteroatoms. The average molecular weight is 779 g/mol. The Morgan fingerprint density at radius 3 is 1.89 bits per heavy atom. The van der Waals surface area contributed by atoms with Gasteiger partial charge in [0.25, 0.3) is 0 Å². The van der Waals surface area contributed by atoms with E-state index in [2.05, 4.69) is 189 Å². The van der Waals surface area contributed by atoms with Gasteiger partial charge in [0.15, 0.2) is 5.82 Å². The molecule has 2 aromatic heterocycles. The van der Waals surface area contributed by atoms with Gasteiger partial charge in [-0.1, -0.05) is 170 Å². The van der Waals surface area contributed by atoms with Crippen molar-refractivity contribution in [2.24, 2.45) is 0 Å². The van der Waals surface area contributed by atoms with Gasteiger partial charge in [0.2, 0.25) is 0 Å². The Hall–Kier alpha value is -7.88. The third kappa shape index (κ3) is 5.73. The number of benzene rings is 9. The van der Waals surface area contributed by atoms with Crippen molar-refractivity contribution in [2.45, 2.75) is 12.3 Å². The summed E-state index contributed by atoms with van der Waals surface area (Å²) >= 11 is 0. The van der Waals surface area contributed by atoms with E-state index in [1.807, 2.05) is 30.3 Å². The molecular weight excluding hydrogens is 741 g/mol. The Morgan fingerprint density at radius 1 is 0.377 bits per heavy atom. The van der Waals surface area contributed by atoms with E-state index in [1.54, 1.807) is 0 Å². The van der Waals surface area contributed by atoms with E-state index in [1.165, 1.54) is 38.6 Å². The maximum Gasteiger partial charge on any atom is 0.160 e. The van der Waals surface area contributed by atoms with Crippen LogP contribution in [0, 0.1) is 0 Å². The van der Waals surface area contributed by atoms with Crippen molar-refractivity contribution in [3.63, 3.8) is 0 Å². The van der Waals surface area contributed by atoms with E-state index in [-0.39, 0.29) is 5.41 Å². The van der Waals surface area contributed by atoms with E-state index in [0.29, 0.717) is 5.82 Å². The number of fused-ring (bicyclic) bond motifs is 7. The molecule has 0 saturated heterocycles. The number of furan rings is 1. The minimum absolute atomic E-state index is 0.278. The Balaban J connectivity index is 1.08. The van der Waals surface area contributed by atoms with Gasteiger partial charge in [0.1, 0.15) is 11.2 Å². The molecule has 1 unspecified atom stereocenters. The molecule has 0 aliphatic heterocycles. The number of para-hydroxylation sites is 2. The van der Waals surface area contributed by atoms with Gasteiger partial charge < -0.3 is 4.42 Å². The Bertz CT molecular complexity index is 3490. The summed E-state index contributed by atoms with van der Waals surface area (Å²) in [5.41, 5.74) is 16.9. The maximum atomic E-state index is 6.62. The summed E-state index contributed by atoms with van der Waals surface area (Å²) in [7, 11) is 0. The molecule has 0 bridgehead atoms. The molecule has 0 spiro atoms. The van der Waals surface area contributed by atoms with E-state index in [4.69, 9.17) is 14.4 Å². The van der Waals surface area contributed by atoms with Crippen LogP contribution in [0.4, 0.5) is 0 Å². The molecule has 1 aliphatic rings. The molecule has 1 atom stereocenters. The first kappa shape index (κ1) is 35.1. The van der Waals surface area contributed by atoms with Crippen molar-refractivity contribution in [1.29, 1.82) is 0 Å². The van der Waals surface area contributed by atoms with Crippen LogP contribution in [0.2, 0.25) is 0 Å². The van der Waals surface area contributed by atoms with Gasteiger partial charge in [-0.25, -0.2) is 9.97 Å². The lowest BCUT2D eigenvalue weighted by Crippen LogP contribution is -2.22. The van der Waals surface area contributed by atoms with Crippen LogP contribution in [0.1, 0.15) is 23.6 Å². The van der Waals surface area contributed by atoms with E-state index in [9.17, 15) is 0 Å². The molecule has 61 heavy (non-hydrogen) atoms. The first-order valence-electron chi connectivity index (χ1n) is 20.9. The summed E-state index contributed by atoms with van der Waals surface area (Å²) in [5, 5.41) is 4.62. The van der Waals surface area contributed by atoms with Gasteiger partial charge in [0, 0.05) is 38.4 Å². The zero-order chi connectivity index (χ0) is 40.5. The van der Waals surface area contributed by atoms with Gasteiger partial charge in [-0.05, 0) is 105 Å². The number of nitrogens with zero attached hydrogens (tertiary/aromatic N) is 2. The number of hydrogen-bond donors (Lipinski definition) is 0. The van der Waals surface area contributed by atoms with Crippen LogP contribution in [0.5, 0.6) is 0 Å². The molecule has 11 aromatic rings. The summed E-state index contributed by atoms with van der Waals surface area (Å²) in [6.45, 7) is 2.36. The van der Waals surface area contributed by atoms with Gasteiger partial charge in [-0.2, -0.15) is 0 Å². The number of aromatic nitrogens is 2. The maximum absolute atomic E-state index is 6.62. The summed E-state index contributed by atoms with van der Waals surface area (Å²) in [6.07, 6.45) is 0. The molecule has 0 fully saturated rings. The summed E-state index contributed by atoms with van der Waals surface area (Å²) in [6, 6.07) is 75.9. The predicted octanol–water partition coefficient (Wildman–Crippen LogP) is 15.2. The molecule has 3 nitrogen and oxygen atoms in total. The van der Waals surface area contributed by atoms with Crippen molar-refractivity contribution in [3.8, 4) is 67.3 Å². The van der Waals surface area contributed by atoms with Gasteiger partial charge in [-0.15, -0.1) is 0 Å². The van der Waals surface area contributed by atoms with Crippen LogP contribution >= 0.6 is 0 Å². The van der Waals surface area contributed by atoms with Crippen molar-refractivity contribution >= 4 is 32.7 Å². The summed E-state index contributed by atoms with van der Waals surface area (Å²) in [5.74, 6) is 0.681. The number of rotatable bonds is 6. The third-order valence-corrected chi connectivity index (χ3v) is 12.7. The highest BCUT2D eigenvalue weighted by Crippen LogP contribution is 2.53. The highest BCUT2D eigenvalue weighted by molar-refractivity contribution is 6.10. The topological polar surface area (TPSA) is 38.9 Å². The average Bonchev–Trinajstić information content (AvgIpc) is 3.84. The van der Waals surface area contributed by atoms with Crippen LogP contribution < -0.4 is 0 Å². The molecule has 0 amide bonds. The fourth-order valence-corrected chi connectivity index (χ4v) is 9.64. The van der Waals surface area contributed by atoms with E-state index in [0.717, 1.165) is 72.3 Å². The zero-order valence-corrected chi connectivity index (χ0v) is 33.5. The molecule has 0 saturated carbocycles. The van der Waals surface area contributed by atoms with Gasteiger partial charge in [-0.3, -0.25) is 0 Å². The van der Waals surface area contributed by atoms with Crippen LogP contribution in [0.15, 0.2) is 217 Å². The minimum Gasteiger partial charge on any atom is -0.455 e. The highest BCUT2D eigenvalue weighted by atomic mass is 16.3. The zero-order valence-electron chi connectivity index (χ0n) is 33.5. The van der Waals surface area contributed by atoms with Gasteiger partial charge >= 0.3 is 0 Å². The minimum atomic E-state index is -0.278. The lowest BCUT2D eigenvalue weighted by molar-refractivity contribution is 0.670. The SMILES string of the molecule is CC1(c2ccccc2)c2ccccc2-c2cc(-c3cc(-c4cc(-c5ccc6ccccc6c5)cc(-c5cccc6c5oc5ccccc56)c4)nc(-c4ccccc4)n3)ccc21. The van der Waals surface area contributed by atoms with E-state index < -0.39 is 0 Å². The predicted molar refractivity (Wildman–Crippen MR) is 251 cm³/mol. The van der Waals surface area contributed by atoms with Crippen LogP contribution in [-0.2, 0) is 5.41 Å². The Morgan fingerprint density at radius 2 is 1.02 bits per heavy atom. The lowest BCUT2D eigenvalue weighted by Gasteiger charge is -2.28. The molecule has 2 heterocycles. The van der Waals surface area contributed by atoms with Crippen molar-refractivity contribution in [1.82, 2.24) is 9.97 Å². The second-order valence-corrected chi connectivity index (χ2v) is 16.3. The number of hydrogen-bond acceptors (Lipinski definition) is 3. The highest BCUT2D eigenvalue weighted by Gasteiger charge is 2.40. The molecule has 1 aliphatic carbocycles. The van der Waals surface area contributed by atoms with Crippen molar-refractivity contribution < 1.29 is 4.42 Å². The smallest absolute Gasteiger partial charge is 0.160 e. The third-order valence-electron chi connectivity index (χ3n) is 12.7. The molecule has 0 radical (unpaired) electrons. The molecule has 9 aromatic carbocycles. The summed E-state index contributed by atoms with van der Waals surface area (Å²) < 4.78 is 6.62. The molecule has 286 valence electrons. The van der Waals surface area contributed by atoms with Crippen LogP contribution in [0.25, 0.3) is 100.0 Å². The molecule has 12 rings (SSSR count). The second-order valence-electron chi connectivity index (χ2n) is 16.3. The Labute approximate surface area is 354 Å². The second kappa shape index (κ2) is 13.9. The quantitative estimate of drug-likeness (QED) is 0.169. The summed E-state index contributed by atoms with van der Waals surface area (Å²) in [4.78, 5) is 10.7. The first-order chi connectivity index (χ1) is 30.1. The van der Waals surface area contributed by atoms with Crippen molar-refractivity contribution in [3.05, 3.63) is 229 Å². The van der Waals surface area contributed by atoms with Crippen molar-refractivity contribution in [2.75, 3.05) is 0 Å². The first-order valence-corrected chi connectivity index (χ1v) is 20.9. The standard InChI is InChI=1S/C58H38N2O/c1-58(45-19-6-3-7-20-45)51-25-12-10-21-47(51)50-35-41(29-30-52(50)58)53-36-54(60-57(59-53)38-16-4-2-5-17-38)44-33-42(40-28-27-37-15-8-9-18-39(37)31-40)32-43(34-44)46-23-14-24-49-48-22-11-13-26-55(48)61-56(46)49/h2-36H,1H3. The largest absolute Gasteiger partial charge is 0.455 e. The normalized spacial score (nSPS) is 14.4. The fourth-order valence-electron chi connectivity index (χ4n) is 9.64. The van der Waals surface area contributed by atoms with Gasteiger partial charge in [0.05, 0.1) is 11.4 Å². The lowest BCUT2D eigenvalue weighted by atomic mass is 9.74. The van der Waals surface area contributed by atoms with E-state index >= 15 is 0 Å². The fraction of sp³-hybridized carbons (Fsp3) is 0.0345. The van der Waals surface area contributed by atoms with Crippen LogP contribution in [-0.4, -0.2) is 9.97 Å². The molecular formula is C58H38N2O. The molecule has 0 N–H and O–H groups in total.